The number of pyridine rings is 2. The van der Waals surface area contributed by atoms with E-state index >= 15 is 4.39 Å². The Balaban J connectivity index is 1.47. The molecular formula is C27H30FN7O. The first kappa shape index (κ1) is 23.0. The smallest absolute Gasteiger partial charge is 0.320 e. The SMILES string of the molecule is C[C@@H]1CNCCN1c1nc(OC[C@@H]2CCCN2C)nc2nc(-c3cccc4cccnc34)c(F)cc12. The number of ether oxygens (including phenoxy) is 1. The summed E-state index contributed by atoms with van der Waals surface area (Å²) in [5.74, 6) is 0.243. The number of piperazine rings is 1. The molecule has 0 radical (unpaired) electrons. The predicted octanol–water partition coefficient (Wildman–Crippen LogP) is 3.65. The maximum atomic E-state index is 15.7. The molecule has 9 heteroatoms. The molecule has 0 saturated carbocycles. The van der Waals surface area contributed by atoms with Crippen LogP contribution in [0.5, 0.6) is 6.01 Å². The number of likely N-dealkylation sites (tertiary alicyclic amines) is 1. The number of para-hydroxylation sites is 1. The van der Waals surface area contributed by atoms with E-state index in [2.05, 4.69) is 39.1 Å². The van der Waals surface area contributed by atoms with Gasteiger partial charge in [-0.25, -0.2) is 9.37 Å². The molecule has 2 aliphatic rings. The summed E-state index contributed by atoms with van der Waals surface area (Å²) in [5.41, 5.74) is 1.99. The number of nitrogens with zero attached hydrogens (tertiary/aromatic N) is 6. The molecule has 5 heterocycles. The molecule has 3 aromatic heterocycles. The monoisotopic (exact) mass is 487 g/mol. The van der Waals surface area contributed by atoms with Crippen molar-refractivity contribution >= 4 is 27.8 Å². The van der Waals surface area contributed by atoms with Gasteiger partial charge in [0.05, 0.1) is 10.9 Å². The van der Waals surface area contributed by atoms with E-state index in [9.17, 15) is 0 Å². The van der Waals surface area contributed by atoms with Crippen molar-refractivity contribution in [2.24, 2.45) is 0 Å². The fraction of sp³-hybridized carbons (Fsp3) is 0.407. The van der Waals surface area contributed by atoms with Crippen LogP contribution in [0.2, 0.25) is 0 Å². The summed E-state index contributed by atoms with van der Waals surface area (Å²) >= 11 is 0. The second kappa shape index (κ2) is 9.55. The van der Waals surface area contributed by atoms with Gasteiger partial charge in [-0.2, -0.15) is 9.97 Å². The van der Waals surface area contributed by atoms with Gasteiger partial charge in [-0.1, -0.05) is 24.3 Å². The van der Waals surface area contributed by atoms with Gasteiger partial charge >= 0.3 is 6.01 Å². The summed E-state index contributed by atoms with van der Waals surface area (Å²) in [6.45, 7) is 6.13. The van der Waals surface area contributed by atoms with Crippen LogP contribution < -0.4 is 15.0 Å². The highest BCUT2D eigenvalue weighted by atomic mass is 19.1. The molecule has 0 unspecified atom stereocenters. The topological polar surface area (TPSA) is 79.3 Å². The largest absolute Gasteiger partial charge is 0.462 e. The summed E-state index contributed by atoms with van der Waals surface area (Å²) in [4.78, 5) is 23.2. The number of fused-ring (bicyclic) bond motifs is 2. The van der Waals surface area contributed by atoms with Crippen LogP contribution in [0.4, 0.5) is 10.2 Å². The molecule has 0 spiro atoms. The number of likely N-dealkylation sites (N-methyl/N-ethyl adjacent to an activating group) is 1. The van der Waals surface area contributed by atoms with Crippen LogP contribution in [0.15, 0.2) is 42.6 Å². The highest BCUT2D eigenvalue weighted by Crippen LogP contribution is 2.33. The van der Waals surface area contributed by atoms with Gasteiger partial charge in [-0.05, 0) is 45.5 Å². The Labute approximate surface area is 209 Å². The van der Waals surface area contributed by atoms with Crippen LogP contribution in [-0.4, -0.2) is 76.8 Å². The third-order valence-electron chi connectivity index (χ3n) is 7.34. The van der Waals surface area contributed by atoms with Gasteiger partial charge in [0.25, 0.3) is 0 Å². The van der Waals surface area contributed by atoms with Crippen LogP contribution in [-0.2, 0) is 0 Å². The van der Waals surface area contributed by atoms with Crippen molar-refractivity contribution in [2.75, 3.05) is 44.7 Å². The van der Waals surface area contributed by atoms with E-state index in [0.29, 0.717) is 40.6 Å². The Kier molecular flexibility index (Phi) is 6.10. The first-order chi connectivity index (χ1) is 17.6. The van der Waals surface area contributed by atoms with Crippen molar-refractivity contribution in [1.82, 2.24) is 30.2 Å². The molecule has 2 aliphatic heterocycles. The van der Waals surface area contributed by atoms with E-state index in [-0.39, 0.29) is 17.7 Å². The summed E-state index contributed by atoms with van der Waals surface area (Å²) in [6, 6.07) is 11.9. The van der Waals surface area contributed by atoms with Crippen LogP contribution in [0.1, 0.15) is 19.8 Å². The molecular weight excluding hydrogens is 457 g/mol. The maximum Gasteiger partial charge on any atom is 0.320 e. The van der Waals surface area contributed by atoms with Crippen molar-refractivity contribution in [2.45, 2.75) is 31.8 Å². The first-order valence-corrected chi connectivity index (χ1v) is 12.6. The molecule has 0 bridgehead atoms. The molecule has 36 heavy (non-hydrogen) atoms. The molecule has 6 rings (SSSR count). The molecule has 0 amide bonds. The Morgan fingerprint density at radius 1 is 1.14 bits per heavy atom. The maximum absolute atomic E-state index is 15.7. The van der Waals surface area contributed by atoms with Gasteiger partial charge < -0.3 is 19.9 Å². The first-order valence-electron chi connectivity index (χ1n) is 12.6. The van der Waals surface area contributed by atoms with Crippen molar-refractivity contribution in [3.05, 3.63) is 48.4 Å². The fourth-order valence-electron chi connectivity index (χ4n) is 5.28. The lowest BCUT2D eigenvalue weighted by atomic mass is 10.1. The van der Waals surface area contributed by atoms with Gasteiger partial charge in [0.1, 0.15) is 23.9 Å². The van der Waals surface area contributed by atoms with Crippen molar-refractivity contribution < 1.29 is 9.13 Å². The van der Waals surface area contributed by atoms with Crippen molar-refractivity contribution in [1.29, 1.82) is 0 Å². The zero-order valence-electron chi connectivity index (χ0n) is 20.6. The number of hydrogen-bond donors (Lipinski definition) is 1. The van der Waals surface area contributed by atoms with Crippen LogP contribution in [0, 0.1) is 5.82 Å². The molecule has 4 aromatic rings. The number of aromatic nitrogens is 4. The van der Waals surface area contributed by atoms with Gasteiger partial charge in [-0.3, -0.25) is 4.98 Å². The number of hydrogen-bond acceptors (Lipinski definition) is 8. The zero-order chi connectivity index (χ0) is 24.6. The summed E-state index contributed by atoms with van der Waals surface area (Å²) in [5, 5.41) is 4.92. The zero-order valence-corrected chi connectivity index (χ0v) is 20.6. The Bertz CT molecular complexity index is 1410. The number of anilines is 1. The molecule has 2 saturated heterocycles. The molecule has 1 N–H and O–H groups in total. The fourth-order valence-corrected chi connectivity index (χ4v) is 5.28. The van der Waals surface area contributed by atoms with Gasteiger partial charge in [0.2, 0.25) is 0 Å². The number of nitrogens with one attached hydrogen (secondary N) is 1. The van der Waals surface area contributed by atoms with E-state index < -0.39 is 5.82 Å². The van der Waals surface area contributed by atoms with Crippen LogP contribution in [0.3, 0.4) is 0 Å². The normalized spacial score (nSPS) is 20.9. The Morgan fingerprint density at radius 2 is 2.03 bits per heavy atom. The Morgan fingerprint density at radius 3 is 2.86 bits per heavy atom. The predicted molar refractivity (Wildman–Crippen MR) is 139 cm³/mol. The number of halogens is 1. The second-order valence-electron chi connectivity index (χ2n) is 9.73. The molecule has 186 valence electrons. The van der Waals surface area contributed by atoms with E-state index in [0.717, 1.165) is 44.4 Å². The summed E-state index contributed by atoms with van der Waals surface area (Å²) < 4.78 is 21.8. The lowest BCUT2D eigenvalue weighted by molar-refractivity contribution is 0.188. The van der Waals surface area contributed by atoms with Crippen molar-refractivity contribution in [3.8, 4) is 17.3 Å². The summed E-state index contributed by atoms with van der Waals surface area (Å²) in [6.07, 6.45) is 3.96. The van der Waals surface area contributed by atoms with E-state index in [1.54, 1.807) is 6.20 Å². The summed E-state index contributed by atoms with van der Waals surface area (Å²) in [7, 11) is 2.12. The molecule has 8 nitrogen and oxygen atoms in total. The number of rotatable bonds is 5. The second-order valence-corrected chi connectivity index (χ2v) is 9.73. The van der Waals surface area contributed by atoms with E-state index in [4.69, 9.17) is 14.7 Å². The molecule has 0 aliphatic carbocycles. The van der Waals surface area contributed by atoms with E-state index in [1.165, 1.54) is 6.07 Å². The molecule has 2 atom stereocenters. The third-order valence-corrected chi connectivity index (χ3v) is 7.34. The highest BCUT2D eigenvalue weighted by Gasteiger charge is 2.26. The molecule has 1 aromatic carbocycles. The minimum absolute atomic E-state index is 0.190. The minimum Gasteiger partial charge on any atom is -0.462 e. The standard InChI is InChI=1S/C27H30FN7O/c1-17-15-29-11-13-35(17)26-21-14-22(28)24(20-9-3-6-18-7-4-10-30-23(18)20)31-25(21)32-27(33-26)36-16-19-8-5-12-34(19)2/h3-4,6-7,9-10,14,17,19,29H,5,8,11-13,15-16H2,1-2H3/t17-,19+/m1/s1. The third kappa shape index (κ3) is 4.22. The lowest BCUT2D eigenvalue weighted by Gasteiger charge is -2.35. The van der Waals surface area contributed by atoms with Crippen LogP contribution >= 0.6 is 0 Å². The minimum atomic E-state index is -0.422. The van der Waals surface area contributed by atoms with Crippen LogP contribution in [0.25, 0.3) is 33.2 Å². The van der Waals surface area contributed by atoms with Gasteiger partial charge in [-0.15, -0.1) is 0 Å². The average Bonchev–Trinajstić information content (AvgIpc) is 3.31. The number of benzene rings is 1. The van der Waals surface area contributed by atoms with E-state index in [1.807, 2.05) is 30.3 Å². The van der Waals surface area contributed by atoms with Gasteiger partial charge in [0, 0.05) is 48.9 Å². The average molecular weight is 488 g/mol. The highest BCUT2D eigenvalue weighted by molar-refractivity contribution is 5.95. The quantitative estimate of drug-likeness (QED) is 0.457. The van der Waals surface area contributed by atoms with Gasteiger partial charge in [0.15, 0.2) is 5.65 Å². The van der Waals surface area contributed by atoms with Crippen molar-refractivity contribution in [3.63, 3.8) is 0 Å². The lowest BCUT2D eigenvalue weighted by Crippen LogP contribution is -2.50. The molecule has 2 fully saturated rings. The Hall–Kier alpha value is -3.43.